The zero-order valence-electron chi connectivity index (χ0n) is 11.8. The van der Waals surface area contributed by atoms with Crippen LogP contribution >= 0.6 is 0 Å². The van der Waals surface area contributed by atoms with Crippen LogP contribution in [0.1, 0.15) is 52.8 Å². The molecule has 2 amide bonds. The zero-order chi connectivity index (χ0) is 14.1. The number of rotatable bonds is 3. The van der Waals surface area contributed by atoms with Gasteiger partial charge >= 0.3 is 0 Å². The van der Waals surface area contributed by atoms with Crippen LogP contribution in [0.25, 0.3) is 0 Å². The average Bonchev–Trinajstić information content (AvgIpc) is 2.74. The largest absolute Gasteiger partial charge is 0.286 e. The van der Waals surface area contributed by atoms with Crippen LogP contribution in [-0.4, -0.2) is 41.4 Å². The van der Waals surface area contributed by atoms with Crippen molar-refractivity contribution in [3.63, 3.8) is 0 Å². The maximum Gasteiger partial charge on any atom is 0.262 e. The van der Waals surface area contributed by atoms with Gasteiger partial charge in [0.05, 0.1) is 17.8 Å². The molecular weight excluding hydrogens is 252 g/mol. The lowest BCUT2D eigenvalue weighted by molar-refractivity contribution is 0.0499. The van der Waals surface area contributed by atoms with Gasteiger partial charge in [0.15, 0.2) is 0 Å². The van der Waals surface area contributed by atoms with Crippen molar-refractivity contribution in [1.82, 2.24) is 9.80 Å². The Bertz CT molecular complexity index is 500. The molecule has 1 saturated carbocycles. The van der Waals surface area contributed by atoms with Crippen LogP contribution in [-0.2, 0) is 0 Å². The summed E-state index contributed by atoms with van der Waals surface area (Å²) in [5, 5.41) is 0. The molecule has 0 bridgehead atoms. The first-order valence-corrected chi connectivity index (χ1v) is 7.34. The average molecular weight is 272 g/mol. The summed E-state index contributed by atoms with van der Waals surface area (Å²) in [4.78, 5) is 28.1. The number of fused-ring (bicyclic) bond motifs is 1. The predicted octanol–water partition coefficient (Wildman–Crippen LogP) is 2.50. The van der Waals surface area contributed by atoms with E-state index in [0.29, 0.717) is 23.8 Å². The standard InChI is InChI=1S/C16H20N2O2/c1-17(12-7-3-2-4-8-12)11-18-15(19)13-9-5-6-10-14(13)16(18)20/h5-6,9-10,12H,2-4,7-8,11H2,1H3. The molecule has 1 fully saturated rings. The van der Waals surface area contributed by atoms with Gasteiger partial charge in [-0.15, -0.1) is 0 Å². The summed E-state index contributed by atoms with van der Waals surface area (Å²) in [6.45, 7) is 0.400. The Morgan fingerprint density at radius 3 is 2.15 bits per heavy atom. The van der Waals surface area contributed by atoms with E-state index >= 15 is 0 Å². The minimum absolute atomic E-state index is 0.159. The van der Waals surface area contributed by atoms with Crippen molar-refractivity contribution in [3.8, 4) is 0 Å². The Kier molecular flexibility index (Phi) is 3.57. The van der Waals surface area contributed by atoms with E-state index in [4.69, 9.17) is 0 Å². The lowest BCUT2D eigenvalue weighted by Crippen LogP contribution is -2.44. The van der Waals surface area contributed by atoms with E-state index < -0.39 is 0 Å². The molecule has 1 aliphatic carbocycles. The van der Waals surface area contributed by atoms with Gasteiger partial charge in [0.1, 0.15) is 0 Å². The van der Waals surface area contributed by atoms with E-state index in [-0.39, 0.29) is 11.8 Å². The normalized spacial score (nSPS) is 19.8. The Balaban J connectivity index is 1.73. The van der Waals surface area contributed by atoms with Crippen LogP contribution in [0.15, 0.2) is 24.3 Å². The summed E-state index contributed by atoms with van der Waals surface area (Å²) in [6, 6.07) is 7.57. The van der Waals surface area contributed by atoms with Gasteiger partial charge < -0.3 is 0 Å². The zero-order valence-corrected chi connectivity index (χ0v) is 11.8. The Labute approximate surface area is 119 Å². The number of benzene rings is 1. The molecule has 0 aromatic heterocycles. The van der Waals surface area contributed by atoms with E-state index in [2.05, 4.69) is 4.90 Å². The summed E-state index contributed by atoms with van der Waals surface area (Å²) >= 11 is 0. The summed E-state index contributed by atoms with van der Waals surface area (Å²) in [5.41, 5.74) is 1.07. The van der Waals surface area contributed by atoms with Gasteiger partial charge in [-0.3, -0.25) is 19.4 Å². The maximum absolute atomic E-state index is 12.3. The molecule has 4 heteroatoms. The Hall–Kier alpha value is -1.68. The summed E-state index contributed by atoms with van der Waals surface area (Å²) in [7, 11) is 2.01. The third-order valence-corrected chi connectivity index (χ3v) is 4.44. The van der Waals surface area contributed by atoms with Crippen molar-refractivity contribution in [3.05, 3.63) is 35.4 Å². The van der Waals surface area contributed by atoms with E-state index in [1.807, 2.05) is 7.05 Å². The van der Waals surface area contributed by atoms with E-state index in [1.54, 1.807) is 24.3 Å². The van der Waals surface area contributed by atoms with Crippen LogP contribution in [0.4, 0.5) is 0 Å². The third kappa shape index (κ3) is 2.24. The second kappa shape index (κ2) is 5.37. The summed E-state index contributed by atoms with van der Waals surface area (Å²) < 4.78 is 0. The molecule has 0 atom stereocenters. The molecular formula is C16H20N2O2. The van der Waals surface area contributed by atoms with Gasteiger partial charge in [0, 0.05) is 6.04 Å². The summed E-state index contributed by atoms with van der Waals surface area (Å²) in [6.07, 6.45) is 6.13. The monoisotopic (exact) mass is 272 g/mol. The quantitative estimate of drug-likeness (QED) is 0.794. The lowest BCUT2D eigenvalue weighted by atomic mass is 9.95. The number of carbonyl (C=O) groups is 2. The molecule has 0 saturated heterocycles. The minimum Gasteiger partial charge on any atom is -0.286 e. The van der Waals surface area contributed by atoms with Crippen LogP contribution < -0.4 is 0 Å². The van der Waals surface area contributed by atoms with Crippen LogP contribution in [0.2, 0.25) is 0 Å². The fraction of sp³-hybridized carbons (Fsp3) is 0.500. The highest BCUT2D eigenvalue weighted by atomic mass is 16.2. The first kappa shape index (κ1) is 13.3. The highest BCUT2D eigenvalue weighted by Crippen LogP contribution is 2.25. The third-order valence-electron chi connectivity index (χ3n) is 4.44. The van der Waals surface area contributed by atoms with Crippen molar-refractivity contribution in [2.24, 2.45) is 0 Å². The molecule has 0 radical (unpaired) electrons. The SMILES string of the molecule is CN(CN1C(=O)c2ccccc2C1=O)C1CCCCC1. The van der Waals surface area contributed by atoms with E-state index in [1.165, 1.54) is 37.0 Å². The number of nitrogens with zero attached hydrogens (tertiary/aromatic N) is 2. The molecule has 2 aliphatic rings. The first-order chi connectivity index (χ1) is 9.68. The van der Waals surface area contributed by atoms with Crippen LogP contribution in [0, 0.1) is 0 Å². The van der Waals surface area contributed by atoms with Crippen molar-refractivity contribution in [2.45, 2.75) is 38.1 Å². The van der Waals surface area contributed by atoms with Gasteiger partial charge in [-0.25, -0.2) is 0 Å². The van der Waals surface area contributed by atoms with Crippen molar-refractivity contribution in [1.29, 1.82) is 0 Å². The van der Waals surface area contributed by atoms with Gasteiger partial charge in [-0.2, -0.15) is 0 Å². The number of carbonyl (C=O) groups excluding carboxylic acids is 2. The molecule has 1 aromatic carbocycles. The molecule has 106 valence electrons. The maximum atomic E-state index is 12.3. The van der Waals surface area contributed by atoms with Crippen LogP contribution in [0.5, 0.6) is 0 Å². The number of hydrogen-bond acceptors (Lipinski definition) is 3. The fourth-order valence-electron chi connectivity index (χ4n) is 3.23. The fourth-order valence-corrected chi connectivity index (χ4v) is 3.23. The Morgan fingerprint density at radius 1 is 1.05 bits per heavy atom. The molecule has 1 aromatic rings. The first-order valence-electron chi connectivity index (χ1n) is 7.34. The van der Waals surface area contributed by atoms with Crippen molar-refractivity contribution in [2.75, 3.05) is 13.7 Å². The van der Waals surface area contributed by atoms with Gasteiger partial charge in [0.2, 0.25) is 0 Å². The highest BCUT2D eigenvalue weighted by Gasteiger charge is 2.36. The number of amides is 2. The van der Waals surface area contributed by atoms with Gasteiger partial charge in [-0.05, 0) is 32.0 Å². The van der Waals surface area contributed by atoms with E-state index in [9.17, 15) is 9.59 Å². The molecule has 1 aliphatic heterocycles. The van der Waals surface area contributed by atoms with Gasteiger partial charge in [0.25, 0.3) is 11.8 Å². The predicted molar refractivity (Wildman–Crippen MR) is 76.4 cm³/mol. The topological polar surface area (TPSA) is 40.6 Å². The molecule has 0 N–H and O–H groups in total. The van der Waals surface area contributed by atoms with Crippen molar-refractivity contribution < 1.29 is 9.59 Å². The molecule has 0 spiro atoms. The second-order valence-corrected chi connectivity index (χ2v) is 5.77. The molecule has 20 heavy (non-hydrogen) atoms. The van der Waals surface area contributed by atoms with Crippen molar-refractivity contribution >= 4 is 11.8 Å². The molecule has 3 rings (SSSR count). The second-order valence-electron chi connectivity index (χ2n) is 5.77. The number of imide groups is 1. The smallest absolute Gasteiger partial charge is 0.262 e. The molecule has 4 nitrogen and oxygen atoms in total. The Morgan fingerprint density at radius 2 is 1.60 bits per heavy atom. The lowest BCUT2D eigenvalue weighted by Gasteiger charge is -2.33. The molecule has 1 heterocycles. The summed E-state index contributed by atoms with van der Waals surface area (Å²) in [5.74, 6) is -0.318. The molecule has 0 unspecified atom stereocenters. The van der Waals surface area contributed by atoms with Gasteiger partial charge in [-0.1, -0.05) is 31.4 Å². The minimum atomic E-state index is -0.159. The van der Waals surface area contributed by atoms with Crippen LogP contribution in [0.3, 0.4) is 0 Å². The number of hydrogen-bond donors (Lipinski definition) is 0. The van der Waals surface area contributed by atoms with E-state index in [0.717, 1.165) is 0 Å². The highest BCUT2D eigenvalue weighted by molar-refractivity contribution is 6.21.